The molecule has 1 atom stereocenters. The van der Waals surface area contributed by atoms with Crippen molar-refractivity contribution in [2.45, 2.75) is 30.8 Å². The minimum atomic E-state index is -1.19. The van der Waals surface area contributed by atoms with Gasteiger partial charge in [0, 0.05) is 45.3 Å². The van der Waals surface area contributed by atoms with Gasteiger partial charge >= 0.3 is 0 Å². The Kier molecular flexibility index (Phi) is 7.34. The van der Waals surface area contributed by atoms with Gasteiger partial charge in [0.05, 0.1) is 29.8 Å². The Hall–Kier alpha value is -3.18. The van der Waals surface area contributed by atoms with Gasteiger partial charge in [0.2, 0.25) is 11.9 Å². The van der Waals surface area contributed by atoms with Crippen LogP contribution in [0.25, 0.3) is 0 Å². The van der Waals surface area contributed by atoms with Crippen LogP contribution in [0.2, 0.25) is 5.02 Å². The smallest absolute Gasteiger partial charge is 0.225 e. The summed E-state index contributed by atoms with van der Waals surface area (Å²) in [5.41, 5.74) is -0.293. The number of nitrogens with zero attached hydrogens (tertiary/aromatic N) is 6. The van der Waals surface area contributed by atoms with E-state index in [4.69, 9.17) is 21.1 Å². The van der Waals surface area contributed by atoms with Crippen molar-refractivity contribution >= 4 is 23.5 Å². The van der Waals surface area contributed by atoms with E-state index in [9.17, 15) is 13.2 Å². The summed E-state index contributed by atoms with van der Waals surface area (Å²) in [7, 11) is 1.68. The number of rotatable bonds is 7. The molecule has 4 heterocycles. The summed E-state index contributed by atoms with van der Waals surface area (Å²) in [5.74, 6) is -1.65. The Labute approximate surface area is 217 Å². The van der Waals surface area contributed by atoms with Crippen LogP contribution in [-0.4, -0.2) is 65.4 Å². The van der Waals surface area contributed by atoms with Crippen molar-refractivity contribution in [1.29, 1.82) is 0 Å². The summed E-state index contributed by atoms with van der Waals surface area (Å²) in [5, 5.41) is 0.496. The van der Waals surface area contributed by atoms with Gasteiger partial charge in [-0.2, -0.15) is 0 Å². The number of ether oxygens (including phenoxy) is 2. The predicted molar refractivity (Wildman–Crippen MR) is 132 cm³/mol. The van der Waals surface area contributed by atoms with Crippen molar-refractivity contribution in [3.05, 3.63) is 65.0 Å². The van der Waals surface area contributed by atoms with E-state index < -0.39 is 23.1 Å². The molecule has 0 unspecified atom stereocenters. The number of hydrogen-bond acceptors (Lipinski definition) is 8. The predicted octanol–water partition coefficient (Wildman–Crippen LogP) is 4.40. The average molecular weight is 535 g/mol. The molecular weight excluding hydrogens is 509 g/mol. The topological polar surface area (TPSA) is 76.5 Å². The lowest BCUT2D eigenvalue weighted by Gasteiger charge is -2.40. The second-order valence-electron chi connectivity index (χ2n) is 9.30. The van der Waals surface area contributed by atoms with Crippen LogP contribution in [0.1, 0.15) is 30.7 Å². The van der Waals surface area contributed by atoms with Crippen LogP contribution in [0.5, 0.6) is 5.75 Å². The molecule has 2 aliphatic heterocycles. The standard InChI is InChI=1S/C25H26ClF3N6O2/c1-36-25(3-6-34(7-4-25)23-30-10-17(26)11-31-23)15-37-18-12-32-24(33-13-18)35-5-2-16(14-35)19-8-21(28)22(29)9-20(19)27/h8-13,16H,2-7,14-15H2,1H3/t16-/m1/s1. The third kappa shape index (κ3) is 5.57. The monoisotopic (exact) mass is 534 g/mol. The van der Waals surface area contributed by atoms with E-state index in [-0.39, 0.29) is 11.5 Å². The fraction of sp³-hybridized carbons (Fsp3) is 0.440. The minimum Gasteiger partial charge on any atom is -0.487 e. The Bertz CT molecular complexity index is 1230. The summed E-state index contributed by atoms with van der Waals surface area (Å²) in [6.07, 6.45) is 8.38. The summed E-state index contributed by atoms with van der Waals surface area (Å²) in [4.78, 5) is 21.3. The van der Waals surface area contributed by atoms with Gasteiger partial charge in [0.1, 0.15) is 18.0 Å². The maximum atomic E-state index is 14.2. The molecular formula is C25H26ClF3N6O2. The Morgan fingerprint density at radius 2 is 1.51 bits per heavy atom. The van der Waals surface area contributed by atoms with Gasteiger partial charge in [0.15, 0.2) is 17.4 Å². The molecule has 0 aliphatic carbocycles. The summed E-state index contributed by atoms with van der Waals surface area (Å²) in [6, 6.07) is 1.54. The normalized spacial score (nSPS) is 19.3. The molecule has 0 saturated carbocycles. The molecule has 0 spiro atoms. The fourth-order valence-electron chi connectivity index (χ4n) is 4.80. The molecule has 0 bridgehead atoms. The van der Waals surface area contributed by atoms with Gasteiger partial charge < -0.3 is 19.3 Å². The number of benzene rings is 1. The van der Waals surface area contributed by atoms with Crippen LogP contribution in [-0.2, 0) is 4.74 Å². The second kappa shape index (κ2) is 10.7. The summed E-state index contributed by atoms with van der Waals surface area (Å²) in [6.45, 7) is 2.74. The Balaban J connectivity index is 1.16. The molecule has 3 aromatic rings. The zero-order valence-corrected chi connectivity index (χ0v) is 21.0. The minimum absolute atomic E-state index is 0.167. The van der Waals surface area contributed by atoms with Crippen molar-refractivity contribution in [2.24, 2.45) is 0 Å². The Morgan fingerprint density at radius 1 is 0.892 bits per heavy atom. The van der Waals surface area contributed by atoms with E-state index in [0.29, 0.717) is 67.9 Å². The SMILES string of the molecule is COC1(COc2cnc(N3CC[C@@H](c4cc(F)c(F)cc4F)C3)nc2)CCN(c2ncc(Cl)cn2)CC1. The highest BCUT2D eigenvalue weighted by Gasteiger charge is 2.36. The molecule has 0 N–H and O–H groups in total. The molecule has 2 aliphatic rings. The van der Waals surface area contributed by atoms with Crippen molar-refractivity contribution in [2.75, 3.05) is 49.7 Å². The summed E-state index contributed by atoms with van der Waals surface area (Å²) < 4.78 is 52.9. The zero-order valence-electron chi connectivity index (χ0n) is 20.2. The molecule has 0 radical (unpaired) electrons. The Morgan fingerprint density at radius 3 is 2.19 bits per heavy atom. The van der Waals surface area contributed by atoms with Crippen LogP contribution >= 0.6 is 11.6 Å². The second-order valence-corrected chi connectivity index (χ2v) is 9.74. The van der Waals surface area contributed by atoms with E-state index in [1.54, 1.807) is 31.9 Å². The van der Waals surface area contributed by atoms with Crippen molar-refractivity contribution in [1.82, 2.24) is 19.9 Å². The number of halogens is 4. The van der Waals surface area contributed by atoms with Gasteiger partial charge in [0.25, 0.3) is 0 Å². The average Bonchev–Trinajstić information content (AvgIpc) is 3.41. The van der Waals surface area contributed by atoms with Crippen molar-refractivity contribution in [3.63, 3.8) is 0 Å². The van der Waals surface area contributed by atoms with Gasteiger partial charge in [-0.3, -0.25) is 0 Å². The number of anilines is 2. The molecule has 0 amide bonds. The summed E-state index contributed by atoms with van der Waals surface area (Å²) >= 11 is 5.88. The van der Waals surface area contributed by atoms with Crippen LogP contribution in [0.15, 0.2) is 36.9 Å². The maximum Gasteiger partial charge on any atom is 0.225 e. The first-order valence-corrected chi connectivity index (χ1v) is 12.4. The third-order valence-electron chi connectivity index (χ3n) is 7.06. The first kappa shape index (κ1) is 25.5. The molecule has 2 saturated heterocycles. The number of methoxy groups -OCH3 is 1. The molecule has 5 rings (SSSR count). The first-order chi connectivity index (χ1) is 17.9. The van der Waals surface area contributed by atoms with E-state index in [2.05, 4.69) is 24.8 Å². The van der Waals surface area contributed by atoms with Gasteiger partial charge in [-0.1, -0.05) is 11.6 Å². The van der Waals surface area contributed by atoms with Crippen LogP contribution in [0, 0.1) is 17.5 Å². The van der Waals surface area contributed by atoms with E-state index in [1.165, 1.54) is 0 Å². The van der Waals surface area contributed by atoms with Crippen LogP contribution in [0.3, 0.4) is 0 Å². The van der Waals surface area contributed by atoms with Gasteiger partial charge in [-0.05, 0) is 30.9 Å². The molecule has 2 aromatic heterocycles. The maximum absolute atomic E-state index is 14.2. The molecule has 196 valence electrons. The molecule has 37 heavy (non-hydrogen) atoms. The van der Waals surface area contributed by atoms with Crippen molar-refractivity contribution < 1.29 is 22.6 Å². The van der Waals surface area contributed by atoms with Gasteiger partial charge in [-0.15, -0.1) is 0 Å². The van der Waals surface area contributed by atoms with Crippen LogP contribution in [0.4, 0.5) is 25.1 Å². The fourth-order valence-corrected chi connectivity index (χ4v) is 4.90. The highest BCUT2D eigenvalue weighted by molar-refractivity contribution is 6.30. The highest BCUT2D eigenvalue weighted by Crippen LogP contribution is 2.33. The third-order valence-corrected chi connectivity index (χ3v) is 7.26. The highest BCUT2D eigenvalue weighted by atomic mass is 35.5. The van der Waals surface area contributed by atoms with Crippen molar-refractivity contribution in [3.8, 4) is 5.75 Å². The molecule has 2 fully saturated rings. The van der Waals surface area contributed by atoms with Gasteiger partial charge in [-0.25, -0.2) is 33.1 Å². The van der Waals surface area contributed by atoms with E-state index >= 15 is 0 Å². The lowest BCUT2D eigenvalue weighted by atomic mass is 9.92. The zero-order chi connectivity index (χ0) is 26.0. The molecule has 12 heteroatoms. The lowest BCUT2D eigenvalue weighted by Crippen LogP contribution is -2.49. The largest absolute Gasteiger partial charge is 0.487 e. The number of aromatic nitrogens is 4. The molecule has 8 nitrogen and oxygen atoms in total. The first-order valence-electron chi connectivity index (χ1n) is 12.0. The number of piperidine rings is 1. The van der Waals surface area contributed by atoms with Crippen LogP contribution < -0.4 is 14.5 Å². The lowest BCUT2D eigenvalue weighted by molar-refractivity contribution is -0.0606. The molecule has 1 aromatic carbocycles. The van der Waals surface area contributed by atoms with E-state index in [0.717, 1.165) is 18.9 Å². The number of hydrogen-bond donors (Lipinski definition) is 0. The quantitative estimate of drug-likeness (QED) is 0.413. The van der Waals surface area contributed by atoms with E-state index in [1.807, 2.05) is 4.90 Å².